The maximum Gasteiger partial charge on any atom is 0.261 e. The van der Waals surface area contributed by atoms with Gasteiger partial charge in [0.15, 0.2) is 0 Å². The van der Waals surface area contributed by atoms with Crippen LogP contribution in [-0.4, -0.2) is 48.6 Å². The van der Waals surface area contributed by atoms with Crippen LogP contribution in [-0.2, 0) is 29.7 Å². The van der Waals surface area contributed by atoms with E-state index < -0.39 is 10.0 Å². The van der Waals surface area contributed by atoms with E-state index in [2.05, 4.69) is 25.0 Å². The Morgan fingerprint density at radius 3 is 2.31 bits per heavy atom. The number of sulfonamides is 1. The molecule has 3 heterocycles. The number of rotatable bonds is 10. The number of para-hydroxylation sites is 1. The van der Waals surface area contributed by atoms with Crippen molar-refractivity contribution in [2.45, 2.75) is 24.5 Å². The summed E-state index contributed by atoms with van der Waals surface area (Å²) in [7, 11) is -3.81. The van der Waals surface area contributed by atoms with Gasteiger partial charge in [0.1, 0.15) is 5.69 Å². The van der Waals surface area contributed by atoms with Crippen LogP contribution in [0.5, 0.6) is 0 Å². The van der Waals surface area contributed by atoms with Gasteiger partial charge in [-0.1, -0.05) is 53.7 Å². The van der Waals surface area contributed by atoms with E-state index in [1.807, 2.05) is 53.2 Å². The first kappa shape index (κ1) is 26.8. The number of aromatic nitrogens is 6. The first-order valence-corrected chi connectivity index (χ1v) is 14.6. The molecule has 6 rings (SSSR count). The van der Waals surface area contributed by atoms with Crippen LogP contribution in [0.15, 0.2) is 121 Å². The molecule has 0 aliphatic heterocycles. The standard InChI is InChI=1S/C30H26N8O3S/c39-29(24-12-14-28(15-13-24)42(40,41)34-25-10-5-2-6-11-25)37(18-23-8-3-1-4-9-23)20-27-22-38(35-33-27)21-26-19-36-17-7-16-31-30(36)32-26/h1-17,19,22,34H,18,20-21H2. The van der Waals surface area contributed by atoms with E-state index in [4.69, 9.17) is 0 Å². The molecule has 11 nitrogen and oxygen atoms in total. The molecule has 0 atom stereocenters. The average Bonchev–Trinajstić information content (AvgIpc) is 3.63. The number of hydrogen-bond donors (Lipinski definition) is 1. The number of nitrogens with zero attached hydrogens (tertiary/aromatic N) is 7. The third-order valence-corrected chi connectivity index (χ3v) is 7.89. The minimum Gasteiger partial charge on any atom is -0.328 e. The molecule has 0 aliphatic carbocycles. The highest BCUT2D eigenvalue weighted by molar-refractivity contribution is 7.92. The number of fused-ring (bicyclic) bond motifs is 1. The summed E-state index contributed by atoms with van der Waals surface area (Å²) in [5, 5.41) is 8.52. The van der Waals surface area contributed by atoms with E-state index in [0.717, 1.165) is 11.3 Å². The van der Waals surface area contributed by atoms with Gasteiger partial charge in [0.25, 0.3) is 15.9 Å². The summed E-state index contributed by atoms with van der Waals surface area (Å²) in [6.07, 6.45) is 7.23. The van der Waals surface area contributed by atoms with Crippen LogP contribution in [0.25, 0.3) is 5.78 Å². The van der Waals surface area contributed by atoms with Gasteiger partial charge in [-0.25, -0.2) is 23.1 Å². The van der Waals surface area contributed by atoms with E-state index in [1.165, 1.54) is 24.3 Å². The number of hydrogen-bond acceptors (Lipinski definition) is 7. The number of carbonyl (C=O) groups is 1. The van der Waals surface area contributed by atoms with Gasteiger partial charge in [-0.3, -0.25) is 13.9 Å². The van der Waals surface area contributed by atoms with Gasteiger partial charge in [-0.2, -0.15) is 0 Å². The number of amides is 1. The summed E-state index contributed by atoms with van der Waals surface area (Å²) in [5.41, 5.74) is 3.14. The topological polar surface area (TPSA) is 127 Å². The number of nitrogens with one attached hydrogen (secondary N) is 1. The molecule has 0 aliphatic rings. The summed E-state index contributed by atoms with van der Waals surface area (Å²) in [6.45, 7) is 0.937. The van der Waals surface area contributed by atoms with Gasteiger partial charge in [-0.05, 0) is 48.0 Å². The SMILES string of the molecule is O=C(c1ccc(S(=O)(=O)Nc2ccccc2)cc1)N(Cc1ccccc1)Cc1cn(Cc2cn3cccnc3n2)nn1. The van der Waals surface area contributed by atoms with Crippen molar-refractivity contribution in [3.8, 4) is 0 Å². The van der Waals surface area contributed by atoms with E-state index >= 15 is 0 Å². The van der Waals surface area contributed by atoms with Crippen LogP contribution in [0, 0.1) is 0 Å². The number of anilines is 1. The highest BCUT2D eigenvalue weighted by atomic mass is 32.2. The third kappa shape index (κ3) is 6.18. The van der Waals surface area contributed by atoms with E-state index in [-0.39, 0.29) is 17.3 Å². The zero-order valence-corrected chi connectivity index (χ0v) is 23.2. The molecular weight excluding hydrogens is 552 g/mol. The zero-order valence-electron chi connectivity index (χ0n) is 22.4. The molecular formula is C30H26N8O3S. The van der Waals surface area contributed by atoms with E-state index in [9.17, 15) is 13.2 Å². The Bertz CT molecular complexity index is 1890. The number of imidazole rings is 1. The summed E-state index contributed by atoms with van der Waals surface area (Å²) in [6, 6.07) is 26.0. The maximum absolute atomic E-state index is 13.7. The molecule has 12 heteroatoms. The van der Waals surface area contributed by atoms with Crippen molar-refractivity contribution in [1.29, 1.82) is 0 Å². The Hall–Kier alpha value is -5.36. The Morgan fingerprint density at radius 2 is 1.57 bits per heavy atom. The molecule has 1 amide bonds. The Kier molecular flexibility index (Phi) is 7.43. The molecule has 42 heavy (non-hydrogen) atoms. The fourth-order valence-electron chi connectivity index (χ4n) is 4.49. The lowest BCUT2D eigenvalue weighted by molar-refractivity contribution is 0.0727. The molecule has 3 aromatic heterocycles. The lowest BCUT2D eigenvalue weighted by atomic mass is 10.1. The van der Waals surface area contributed by atoms with Crippen LogP contribution < -0.4 is 4.72 Å². The van der Waals surface area contributed by atoms with Crippen LogP contribution in [0.3, 0.4) is 0 Å². The first-order chi connectivity index (χ1) is 20.4. The van der Waals surface area contributed by atoms with Crippen molar-refractivity contribution in [2.24, 2.45) is 0 Å². The number of carbonyl (C=O) groups excluding carboxylic acids is 1. The molecule has 0 unspecified atom stereocenters. The summed E-state index contributed by atoms with van der Waals surface area (Å²) >= 11 is 0. The van der Waals surface area contributed by atoms with Crippen LogP contribution in [0.2, 0.25) is 0 Å². The molecule has 0 radical (unpaired) electrons. The molecule has 6 aromatic rings. The molecule has 210 valence electrons. The van der Waals surface area contributed by atoms with Gasteiger partial charge >= 0.3 is 0 Å². The van der Waals surface area contributed by atoms with Crippen molar-refractivity contribution in [2.75, 3.05) is 4.72 Å². The van der Waals surface area contributed by atoms with Crippen molar-refractivity contribution in [3.63, 3.8) is 0 Å². The predicted molar refractivity (Wildman–Crippen MR) is 156 cm³/mol. The molecule has 0 saturated carbocycles. The number of benzene rings is 3. The summed E-state index contributed by atoms with van der Waals surface area (Å²) in [5.74, 6) is 0.335. The van der Waals surface area contributed by atoms with Gasteiger partial charge in [-0.15, -0.1) is 5.10 Å². The van der Waals surface area contributed by atoms with Crippen molar-refractivity contribution in [3.05, 3.63) is 138 Å². The van der Waals surface area contributed by atoms with Gasteiger partial charge in [0, 0.05) is 36.4 Å². The largest absolute Gasteiger partial charge is 0.328 e. The summed E-state index contributed by atoms with van der Waals surface area (Å²) in [4.78, 5) is 24.1. The average molecular weight is 579 g/mol. The summed E-state index contributed by atoms with van der Waals surface area (Å²) < 4.78 is 31.8. The second kappa shape index (κ2) is 11.6. The molecule has 0 spiro atoms. The van der Waals surface area contributed by atoms with Crippen LogP contribution in [0.4, 0.5) is 5.69 Å². The fourth-order valence-corrected chi connectivity index (χ4v) is 5.55. The lowest BCUT2D eigenvalue weighted by Crippen LogP contribution is -2.30. The van der Waals surface area contributed by atoms with Gasteiger partial charge in [0.05, 0.1) is 29.9 Å². The Labute approximate surface area is 242 Å². The molecule has 3 aromatic carbocycles. The van der Waals surface area contributed by atoms with Crippen molar-refractivity contribution < 1.29 is 13.2 Å². The predicted octanol–water partition coefficient (Wildman–Crippen LogP) is 4.01. The molecule has 0 fully saturated rings. The molecule has 0 saturated heterocycles. The molecule has 1 N–H and O–H groups in total. The van der Waals surface area contributed by atoms with Gasteiger partial charge < -0.3 is 4.90 Å². The van der Waals surface area contributed by atoms with Crippen LogP contribution >= 0.6 is 0 Å². The van der Waals surface area contributed by atoms with Crippen molar-refractivity contribution >= 4 is 27.4 Å². The minimum atomic E-state index is -3.81. The second-order valence-electron chi connectivity index (χ2n) is 9.61. The van der Waals surface area contributed by atoms with Crippen LogP contribution in [0.1, 0.15) is 27.3 Å². The zero-order chi connectivity index (χ0) is 28.9. The van der Waals surface area contributed by atoms with Gasteiger partial charge in [0.2, 0.25) is 5.78 Å². The lowest BCUT2D eigenvalue weighted by Gasteiger charge is -2.22. The fraction of sp³-hybridized carbons (Fsp3) is 0.100. The normalized spacial score (nSPS) is 11.4. The van der Waals surface area contributed by atoms with E-state index in [1.54, 1.807) is 52.3 Å². The smallest absolute Gasteiger partial charge is 0.261 e. The maximum atomic E-state index is 13.7. The highest BCUT2D eigenvalue weighted by Crippen LogP contribution is 2.19. The van der Waals surface area contributed by atoms with E-state index in [0.29, 0.717) is 35.8 Å². The monoisotopic (exact) mass is 578 g/mol. The first-order valence-electron chi connectivity index (χ1n) is 13.1. The highest BCUT2D eigenvalue weighted by Gasteiger charge is 2.20. The second-order valence-corrected chi connectivity index (χ2v) is 11.3. The van der Waals surface area contributed by atoms with Crippen molar-refractivity contribution in [1.82, 2.24) is 34.3 Å². The minimum absolute atomic E-state index is 0.0580. The third-order valence-electron chi connectivity index (χ3n) is 6.49. The quantitative estimate of drug-likeness (QED) is 0.260. The molecule has 0 bridgehead atoms. The Morgan fingerprint density at radius 1 is 0.833 bits per heavy atom. The Balaban J connectivity index is 1.20.